The fourth-order valence-electron chi connectivity index (χ4n) is 2.25. The lowest BCUT2D eigenvalue weighted by Gasteiger charge is -2.13. The Kier molecular flexibility index (Phi) is 2.69. The van der Waals surface area contributed by atoms with Gasteiger partial charge in [-0.3, -0.25) is 0 Å². The first kappa shape index (κ1) is 8.82. The summed E-state index contributed by atoms with van der Waals surface area (Å²) in [5.41, 5.74) is 1.49. The molecule has 2 heteroatoms. The zero-order valence-corrected chi connectivity index (χ0v) is 8.37. The number of aryl methyl sites for hydroxylation is 1. The lowest BCUT2D eigenvalue weighted by molar-refractivity contribution is -0.695. The third-order valence-electron chi connectivity index (χ3n) is 3.03. The van der Waals surface area contributed by atoms with E-state index in [1.165, 1.54) is 37.9 Å². The van der Waals surface area contributed by atoms with E-state index in [2.05, 4.69) is 35.3 Å². The lowest BCUT2D eigenvalue weighted by atomic mass is 10.1. The molecule has 2 rings (SSSR count). The molecular weight excluding hydrogens is 160 g/mol. The van der Waals surface area contributed by atoms with Crippen LogP contribution in [0.3, 0.4) is 0 Å². The molecule has 2 nitrogen and oxygen atoms in total. The first-order valence-corrected chi connectivity index (χ1v) is 5.32. The summed E-state index contributed by atoms with van der Waals surface area (Å²) in [4.78, 5) is 0. The van der Waals surface area contributed by atoms with E-state index >= 15 is 0 Å². The topological polar surface area (TPSA) is 21.5 Å². The van der Waals surface area contributed by atoms with Crippen LogP contribution in [0.2, 0.25) is 0 Å². The van der Waals surface area contributed by atoms with E-state index in [0.717, 1.165) is 0 Å². The van der Waals surface area contributed by atoms with Crippen molar-refractivity contribution in [3.63, 3.8) is 0 Å². The van der Waals surface area contributed by atoms with Crippen molar-refractivity contribution in [1.29, 1.82) is 0 Å². The van der Waals surface area contributed by atoms with Crippen molar-refractivity contribution in [3.05, 3.63) is 24.0 Å². The van der Waals surface area contributed by atoms with E-state index in [-0.39, 0.29) is 0 Å². The summed E-state index contributed by atoms with van der Waals surface area (Å²) in [6.07, 6.45) is 7.69. The molecule has 1 saturated heterocycles. The van der Waals surface area contributed by atoms with Gasteiger partial charge in [-0.15, -0.1) is 0 Å². The number of hydrogen-bond donors (Lipinski definition) is 1. The van der Waals surface area contributed by atoms with E-state index in [0.29, 0.717) is 6.04 Å². The molecule has 0 unspecified atom stereocenters. The zero-order chi connectivity index (χ0) is 9.10. The fraction of sp³-hybridized carbons (Fsp3) is 0.636. The average molecular weight is 179 g/mol. The highest BCUT2D eigenvalue weighted by molar-refractivity contribution is 5.09. The van der Waals surface area contributed by atoms with Crippen LogP contribution in [0.4, 0.5) is 0 Å². The summed E-state index contributed by atoms with van der Waals surface area (Å²) in [7, 11) is 2.15. The van der Waals surface area contributed by atoms with Crippen molar-refractivity contribution >= 4 is 0 Å². The Hall–Kier alpha value is -0.760. The van der Waals surface area contributed by atoms with Crippen molar-refractivity contribution in [1.82, 2.24) is 4.57 Å². The molecular formula is C11H19N2+. The molecule has 1 aliphatic rings. The minimum Gasteiger partial charge on any atom is -0.350 e. The van der Waals surface area contributed by atoms with Crippen molar-refractivity contribution in [3.8, 4) is 0 Å². The van der Waals surface area contributed by atoms with Gasteiger partial charge in [-0.25, -0.2) is 0 Å². The predicted octanol–water partition coefficient (Wildman–Crippen LogP) is 1.20. The van der Waals surface area contributed by atoms with E-state index in [4.69, 9.17) is 0 Å². The maximum absolute atomic E-state index is 2.50. The highest BCUT2D eigenvalue weighted by Crippen LogP contribution is 2.17. The average Bonchev–Trinajstić information content (AvgIpc) is 2.43. The summed E-state index contributed by atoms with van der Waals surface area (Å²) in [6.45, 7) is 1.30. The van der Waals surface area contributed by atoms with Gasteiger partial charge in [0.1, 0.15) is 6.04 Å². The molecule has 1 aromatic heterocycles. The van der Waals surface area contributed by atoms with E-state index < -0.39 is 0 Å². The SMILES string of the molecule is Cn1cccc1[C@@H]1CCCCC[NH2+]1. The quantitative estimate of drug-likeness (QED) is 0.669. The molecule has 72 valence electrons. The van der Waals surface area contributed by atoms with Crippen LogP contribution in [0.5, 0.6) is 0 Å². The first-order chi connectivity index (χ1) is 6.38. The number of nitrogens with zero attached hydrogens (tertiary/aromatic N) is 1. The summed E-state index contributed by atoms with van der Waals surface area (Å²) < 4.78 is 2.26. The first-order valence-electron chi connectivity index (χ1n) is 5.32. The van der Waals surface area contributed by atoms with Crippen LogP contribution < -0.4 is 5.32 Å². The molecule has 1 aliphatic heterocycles. The standard InChI is InChI=1S/C11H18N2/c1-13-9-5-7-11(13)10-6-3-2-4-8-12-10/h5,7,9-10,12H,2-4,6,8H2,1H3/p+1/t10-/m0/s1. The molecule has 0 saturated carbocycles. The lowest BCUT2D eigenvalue weighted by Crippen LogP contribution is -2.85. The van der Waals surface area contributed by atoms with Gasteiger partial charge in [0.2, 0.25) is 0 Å². The maximum atomic E-state index is 2.50. The van der Waals surface area contributed by atoms with E-state index in [1.54, 1.807) is 0 Å². The van der Waals surface area contributed by atoms with Gasteiger partial charge < -0.3 is 9.88 Å². The molecule has 13 heavy (non-hydrogen) atoms. The normalized spacial score (nSPS) is 24.2. The second-order valence-corrected chi connectivity index (χ2v) is 4.02. The van der Waals surface area contributed by atoms with Crippen LogP contribution in [0.25, 0.3) is 0 Å². The Labute approximate surface area is 79.9 Å². The molecule has 2 heterocycles. The number of rotatable bonds is 1. The summed E-state index contributed by atoms with van der Waals surface area (Å²) in [5.74, 6) is 0. The van der Waals surface area contributed by atoms with Crippen molar-refractivity contribution < 1.29 is 5.32 Å². The molecule has 1 fully saturated rings. The highest BCUT2D eigenvalue weighted by atomic mass is 15.0. The number of hydrogen-bond acceptors (Lipinski definition) is 0. The molecule has 1 aromatic rings. The second kappa shape index (κ2) is 3.97. The molecule has 0 amide bonds. The van der Waals surface area contributed by atoms with Gasteiger partial charge in [-0.2, -0.15) is 0 Å². The Morgan fingerprint density at radius 1 is 1.38 bits per heavy atom. The Morgan fingerprint density at radius 3 is 3.08 bits per heavy atom. The van der Waals surface area contributed by atoms with Gasteiger partial charge in [-0.1, -0.05) is 0 Å². The van der Waals surface area contributed by atoms with Gasteiger partial charge in [0.25, 0.3) is 0 Å². The van der Waals surface area contributed by atoms with Gasteiger partial charge in [0, 0.05) is 19.7 Å². The molecule has 0 aromatic carbocycles. The molecule has 1 atom stereocenters. The smallest absolute Gasteiger partial charge is 0.127 e. The third-order valence-corrected chi connectivity index (χ3v) is 3.03. The summed E-state index contributed by atoms with van der Waals surface area (Å²) in [5, 5.41) is 2.50. The molecule has 0 radical (unpaired) electrons. The Balaban J connectivity index is 2.10. The van der Waals surface area contributed by atoms with Crippen LogP contribution in [0.1, 0.15) is 37.4 Å². The predicted molar refractivity (Wildman–Crippen MR) is 53.4 cm³/mol. The van der Waals surface area contributed by atoms with Crippen LogP contribution in [0, 0.1) is 0 Å². The minimum atomic E-state index is 0.711. The third kappa shape index (κ3) is 1.94. The van der Waals surface area contributed by atoms with Crippen molar-refractivity contribution in [2.45, 2.75) is 31.7 Å². The summed E-state index contributed by atoms with van der Waals surface area (Å²) >= 11 is 0. The highest BCUT2D eigenvalue weighted by Gasteiger charge is 2.18. The number of quaternary nitrogens is 1. The van der Waals surface area contributed by atoms with E-state index in [1.807, 2.05) is 0 Å². The van der Waals surface area contributed by atoms with Crippen LogP contribution in [-0.2, 0) is 7.05 Å². The number of nitrogens with two attached hydrogens (primary N) is 1. The second-order valence-electron chi connectivity index (χ2n) is 4.02. The van der Waals surface area contributed by atoms with Crippen molar-refractivity contribution in [2.75, 3.05) is 6.54 Å². The Morgan fingerprint density at radius 2 is 2.31 bits per heavy atom. The van der Waals surface area contributed by atoms with Gasteiger partial charge >= 0.3 is 0 Å². The van der Waals surface area contributed by atoms with Crippen LogP contribution in [-0.4, -0.2) is 11.1 Å². The van der Waals surface area contributed by atoms with Gasteiger partial charge in [0.15, 0.2) is 0 Å². The maximum Gasteiger partial charge on any atom is 0.127 e. The minimum absolute atomic E-state index is 0.711. The Bertz CT molecular complexity index is 257. The van der Waals surface area contributed by atoms with Gasteiger partial charge in [-0.05, 0) is 31.4 Å². The summed E-state index contributed by atoms with van der Waals surface area (Å²) in [6, 6.07) is 5.11. The van der Waals surface area contributed by atoms with Gasteiger partial charge in [0.05, 0.1) is 12.2 Å². The fourth-order valence-corrected chi connectivity index (χ4v) is 2.25. The van der Waals surface area contributed by atoms with E-state index in [9.17, 15) is 0 Å². The molecule has 0 bridgehead atoms. The van der Waals surface area contributed by atoms with Crippen molar-refractivity contribution in [2.24, 2.45) is 7.05 Å². The molecule has 0 spiro atoms. The zero-order valence-electron chi connectivity index (χ0n) is 8.37. The monoisotopic (exact) mass is 179 g/mol. The van der Waals surface area contributed by atoms with Crippen LogP contribution >= 0.6 is 0 Å². The molecule has 2 N–H and O–H groups in total. The molecule has 0 aliphatic carbocycles. The number of aromatic nitrogens is 1. The van der Waals surface area contributed by atoms with Crippen LogP contribution in [0.15, 0.2) is 18.3 Å². The largest absolute Gasteiger partial charge is 0.350 e.